The van der Waals surface area contributed by atoms with Crippen LogP contribution in [-0.4, -0.2) is 43.8 Å². The topological polar surface area (TPSA) is 63.3 Å². The van der Waals surface area contributed by atoms with Crippen LogP contribution in [0, 0.1) is 0 Å². The van der Waals surface area contributed by atoms with Gasteiger partial charge < -0.3 is 14.8 Å². The molecule has 0 saturated heterocycles. The van der Waals surface area contributed by atoms with E-state index >= 15 is 0 Å². The second-order valence-electron chi connectivity index (χ2n) is 7.47. The van der Waals surface area contributed by atoms with E-state index < -0.39 is 0 Å². The van der Waals surface area contributed by atoms with Gasteiger partial charge in [0.15, 0.2) is 5.96 Å². The summed E-state index contributed by atoms with van der Waals surface area (Å²) in [5.74, 6) is 2.21. The lowest BCUT2D eigenvalue weighted by atomic mass is 10.1. The van der Waals surface area contributed by atoms with Crippen molar-refractivity contribution in [2.75, 3.05) is 13.6 Å². The highest BCUT2D eigenvalue weighted by Crippen LogP contribution is 2.19. The maximum Gasteiger partial charge on any atom is 0.194 e. The molecular formula is C21H32IN7. The standard InChI is InChI=1S/C21H31N7.HI/c1-7-22-21(26(4)13-16-14-27(5)25-20(16)15(2)3)23-12-19-24-17-10-8-9-11-18(17)28(19)6;/h8-11,14-15H,7,12-13H2,1-6H3,(H,22,23);1H. The maximum atomic E-state index is 4.84. The van der Waals surface area contributed by atoms with Crippen LogP contribution in [0.4, 0.5) is 0 Å². The fourth-order valence-corrected chi connectivity index (χ4v) is 3.45. The Morgan fingerprint density at radius 2 is 1.97 bits per heavy atom. The van der Waals surface area contributed by atoms with Crippen LogP contribution in [0.15, 0.2) is 35.5 Å². The summed E-state index contributed by atoms with van der Waals surface area (Å²) in [6.45, 7) is 8.54. The molecule has 1 N–H and O–H groups in total. The van der Waals surface area contributed by atoms with Gasteiger partial charge >= 0.3 is 0 Å². The van der Waals surface area contributed by atoms with Crippen molar-refractivity contribution in [3.05, 3.63) is 47.5 Å². The molecule has 0 amide bonds. The molecule has 0 aliphatic heterocycles. The number of hydrogen-bond donors (Lipinski definition) is 1. The van der Waals surface area contributed by atoms with Crippen LogP contribution in [0.3, 0.4) is 0 Å². The number of nitrogens with zero attached hydrogens (tertiary/aromatic N) is 6. The van der Waals surface area contributed by atoms with Crippen LogP contribution < -0.4 is 5.32 Å². The van der Waals surface area contributed by atoms with Crippen molar-refractivity contribution in [3.63, 3.8) is 0 Å². The van der Waals surface area contributed by atoms with Gasteiger partial charge in [0.25, 0.3) is 0 Å². The monoisotopic (exact) mass is 509 g/mol. The van der Waals surface area contributed by atoms with Gasteiger partial charge in [-0.25, -0.2) is 9.98 Å². The summed E-state index contributed by atoms with van der Waals surface area (Å²) in [7, 11) is 6.08. The summed E-state index contributed by atoms with van der Waals surface area (Å²) >= 11 is 0. The van der Waals surface area contributed by atoms with E-state index in [-0.39, 0.29) is 24.0 Å². The van der Waals surface area contributed by atoms with E-state index in [1.54, 1.807) is 0 Å². The molecule has 1 aromatic carbocycles. The van der Waals surface area contributed by atoms with Gasteiger partial charge in [-0.3, -0.25) is 4.68 Å². The van der Waals surface area contributed by atoms with Crippen LogP contribution in [0.1, 0.15) is 43.8 Å². The predicted octanol–water partition coefficient (Wildman–Crippen LogP) is 3.65. The Kier molecular flexibility index (Phi) is 8.06. The van der Waals surface area contributed by atoms with Crippen LogP contribution in [0.5, 0.6) is 0 Å². The van der Waals surface area contributed by atoms with Crippen molar-refractivity contribution in [1.29, 1.82) is 0 Å². The van der Waals surface area contributed by atoms with Gasteiger partial charge in [-0.05, 0) is 25.0 Å². The molecule has 2 aromatic heterocycles. The summed E-state index contributed by atoms with van der Waals surface area (Å²) in [5, 5.41) is 8.01. The number of imidazole rings is 1. The Bertz CT molecular complexity index is 971. The molecule has 0 unspecified atom stereocenters. The number of para-hydroxylation sites is 2. The quantitative estimate of drug-likeness (QED) is 0.313. The van der Waals surface area contributed by atoms with E-state index in [1.807, 2.05) is 37.0 Å². The molecule has 7 nitrogen and oxygen atoms in total. The van der Waals surface area contributed by atoms with E-state index in [0.29, 0.717) is 12.5 Å². The summed E-state index contributed by atoms with van der Waals surface area (Å²) in [6.07, 6.45) is 2.10. The third-order valence-corrected chi connectivity index (χ3v) is 4.84. The number of benzene rings is 1. The predicted molar refractivity (Wildman–Crippen MR) is 130 cm³/mol. The number of nitrogens with one attached hydrogen (secondary N) is 1. The Hall–Kier alpha value is -2.10. The number of rotatable bonds is 6. The Morgan fingerprint density at radius 3 is 2.62 bits per heavy atom. The van der Waals surface area contributed by atoms with Gasteiger partial charge in [0.1, 0.15) is 12.4 Å². The zero-order valence-electron chi connectivity index (χ0n) is 18.2. The molecule has 0 atom stereocenters. The highest BCUT2D eigenvalue weighted by molar-refractivity contribution is 14.0. The Morgan fingerprint density at radius 1 is 1.24 bits per heavy atom. The third kappa shape index (κ3) is 5.29. The molecule has 29 heavy (non-hydrogen) atoms. The fraction of sp³-hybridized carbons (Fsp3) is 0.476. The van der Waals surface area contributed by atoms with Gasteiger partial charge in [-0.15, -0.1) is 24.0 Å². The van der Waals surface area contributed by atoms with Crippen LogP contribution in [0.25, 0.3) is 11.0 Å². The molecule has 0 aliphatic rings. The maximum absolute atomic E-state index is 4.84. The molecule has 2 heterocycles. The zero-order chi connectivity index (χ0) is 20.3. The number of fused-ring (bicyclic) bond motifs is 1. The number of aryl methyl sites for hydroxylation is 2. The minimum atomic E-state index is 0. The summed E-state index contributed by atoms with van der Waals surface area (Å²) < 4.78 is 4.00. The molecular weight excluding hydrogens is 477 g/mol. The first-order valence-corrected chi connectivity index (χ1v) is 9.82. The molecule has 3 rings (SSSR count). The number of hydrogen-bond acceptors (Lipinski definition) is 3. The molecule has 0 fully saturated rings. The normalized spacial score (nSPS) is 11.8. The van der Waals surface area contributed by atoms with E-state index in [4.69, 9.17) is 9.98 Å². The largest absolute Gasteiger partial charge is 0.357 e. The molecule has 0 spiro atoms. The number of aliphatic imine (C=N–C) groups is 1. The lowest BCUT2D eigenvalue weighted by Gasteiger charge is -2.22. The lowest BCUT2D eigenvalue weighted by Crippen LogP contribution is -2.38. The van der Waals surface area contributed by atoms with Crippen molar-refractivity contribution in [2.24, 2.45) is 19.1 Å². The average Bonchev–Trinajstić information content (AvgIpc) is 3.19. The third-order valence-electron chi connectivity index (χ3n) is 4.84. The first-order valence-electron chi connectivity index (χ1n) is 9.82. The van der Waals surface area contributed by atoms with Gasteiger partial charge in [0, 0.05) is 46.0 Å². The lowest BCUT2D eigenvalue weighted by molar-refractivity contribution is 0.473. The number of halogens is 1. The van der Waals surface area contributed by atoms with Gasteiger partial charge in [-0.1, -0.05) is 26.0 Å². The summed E-state index contributed by atoms with van der Waals surface area (Å²) in [6, 6.07) is 8.17. The highest BCUT2D eigenvalue weighted by atomic mass is 127. The first kappa shape index (κ1) is 23.2. The van der Waals surface area contributed by atoms with Crippen molar-refractivity contribution < 1.29 is 0 Å². The van der Waals surface area contributed by atoms with Gasteiger partial charge in [0.05, 0.1) is 16.7 Å². The number of aromatic nitrogens is 4. The minimum absolute atomic E-state index is 0. The van der Waals surface area contributed by atoms with E-state index in [9.17, 15) is 0 Å². The second kappa shape index (κ2) is 10.1. The minimum Gasteiger partial charge on any atom is -0.357 e. The van der Waals surface area contributed by atoms with E-state index in [2.05, 4.69) is 60.0 Å². The van der Waals surface area contributed by atoms with Crippen LogP contribution in [0.2, 0.25) is 0 Å². The average molecular weight is 509 g/mol. The molecule has 3 aromatic rings. The number of guanidine groups is 1. The first-order chi connectivity index (χ1) is 13.4. The van der Waals surface area contributed by atoms with Crippen LogP contribution >= 0.6 is 24.0 Å². The smallest absolute Gasteiger partial charge is 0.194 e. The van der Waals surface area contributed by atoms with E-state index in [0.717, 1.165) is 41.6 Å². The molecule has 0 aliphatic carbocycles. The van der Waals surface area contributed by atoms with Gasteiger partial charge in [0.2, 0.25) is 0 Å². The summed E-state index contributed by atoms with van der Waals surface area (Å²) in [4.78, 5) is 11.7. The summed E-state index contributed by atoms with van der Waals surface area (Å²) in [5.41, 5.74) is 4.50. The second-order valence-corrected chi connectivity index (χ2v) is 7.47. The van der Waals surface area contributed by atoms with Crippen molar-refractivity contribution in [1.82, 2.24) is 29.5 Å². The van der Waals surface area contributed by atoms with Gasteiger partial charge in [-0.2, -0.15) is 5.10 Å². The molecule has 0 bridgehead atoms. The highest BCUT2D eigenvalue weighted by Gasteiger charge is 2.15. The zero-order valence-corrected chi connectivity index (χ0v) is 20.5. The fourth-order valence-electron chi connectivity index (χ4n) is 3.45. The Labute approximate surface area is 190 Å². The molecule has 8 heteroatoms. The van der Waals surface area contributed by atoms with Crippen molar-refractivity contribution in [2.45, 2.75) is 39.8 Å². The van der Waals surface area contributed by atoms with Crippen molar-refractivity contribution >= 4 is 41.0 Å². The molecule has 158 valence electrons. The molecule has 0 radical (unpaired) electrons. The van der Waals surface area contributed by atoms with Crippen LogP contribution in [-0.2, 0) is 27.2 Å². The SMILES string of the molecule is CCNC(=NCc1nc2ccccc2n1C)N(C)Cc1cn(C)nc1C(C)C.I. The Balaban J connectivity index is 0.00000300. The van der Waals surface area contributed by atoms with Crippen molar-refractivity contribution in [3.8, 4) is 0 Å². The van der Waals surface area contributed by atoms with E-state index in [1.165, 1.54) is 5.56 Å². The molecule has 0 saturated carbocycles.